The second kappa shape index (κ2) is 4.81. The Kier molecular flexibility index (Phi) is 4.03. The van der Waals surface area contributed by atoms with Crippen molar-refractivity contribution >= 4 is 0 Å². The normalized spacial score (nSPS) is 13.2. The van der Waals surface area contributed by atoms with Gasteiger partial charge in [-0.2, -0.15) is 0 Å². The Labute approximate surface area is 107 Å². The van der Waals surface area contributed by atoms with Gasteiger partial charge in [-0.25, -0.2) is 0 Å². The minimum Gasteiger partial charge on any atom is -0.309 e. The Morgan fingerprint density at radius 2 is 1.24 bits per heavy atom. The second-order valence-corrected chi connectivity index (χ2v) is 6.95. The Balaban J connectivity index is 2.94. The molecule has 0 N–H and O–H groups in total. The van der Waals surface area contributed by atoms with Crippen LogP contribution in [-0.4, -0.2) is 25.5 Å². The lowest BCUT2D eigenvalue weighted by molar-refractivity contribution is 0.315. The zero-order valence-electron chi connectivity index (χ0n) is 12.5. The van der Waals surface area contributed by atoms with Crippen LogP contribution < -0.4 is 0 Å². The Bertz CT molecular complexity index is 352. The summed E-state index contributed by atoms with van der Waals surface area (Å²) in [4.78, 5) is 2.25. The number of hydrogen-bond acceptors (Lipinski definition) is 1. The van der Waals surface area contributed by atoms with Gasteiger partial charge in [-0.1, -0.05) is 58.9 Å². The number of rotatable bonds is 3. The van der Waals surface area contributed by atoms with E-state index in [-0.39, 0.29) is 10.8 Å². The highest BCUT2D eigenvalue weighted by atomic mass is 15.1. The molecule has 0 aliphatic heterocycles. The molecule has 0 amide bonds. The molecule has 0 unspecified atom stereocenters. The third-order valence-corrected chi connectivity index (χ3v) is 3.24. The molecule has 0 aliphatic rings. The summed E-state index contributed by atoms with van der Waals surface area (Å²) < 4.78 is 0. The summed E-state index contributed by atoms with van der Waals surface area (Å²) in [5.74, 6) is 0. The maximum absolute atomic E-state index is 2.30. The largest absolute Gasteiger partial charge is 0.309 e. The van der Waals surface area contributed by atoms with Crippen LogP contribution in [0.2, 0.25) is 0 Å². The first-order valence-corrected chi connectivity index (χ1v) is 6.39. The van der Waals surface area contributed by atoms with Crippen LogP contribution in [0.1, 0.15) is 45.7 Å². The fourth-order valence-electron chi connectivity index (χ4n) is 2.30. The summed E-state index contributed by atoms with van der Waals surface area (Å²) in [6.45, 7) is 12.5. The first-order valence-electron chi connectivity index (χ1n) is 6.39. The van der Waals surface area contributed by atoms with Crippen molar-refractivity contribution in [2.75, 3.05) is 20.6 Å². The lowest BCUT2D eigenvalue weighted by Crippen LogP contribution is -2.32. The van der Waals surface area contributed by atoms with Crippen molar-refractivity contribution in [3.63, 3.8) is 0 Å². The average Bonchev–Trinajstić information content (AvgIpc) is 2.14. The van der Waals surface area contributed by atoms with E-state index in [1.165, 1.54) is 11.1 Å². The lowest BCUT2D eigenvalue weighted by atomic mass is 9.81. The minimum absolute atomic E-state index is 0.208. The van der Waals surface area contributed by atoms with Gasteiger partial charge in [-0.3, -0.25) is 0 Å². The van der Waals surface area contributed by atoms with Crippen molar-refractivity contribution in [3.05, 3.63) is 35.4 Å². The van der Waals surface area contributed by atoms with Gasteiger partial charge < -0.3 is 4.90 Å². The van der Waals surface area contributed by atoms with Crippen LogP contribution in [-0.2, 0) is 10.8 Å². The first kappa shape index (κ1) is 14.2. The molecule has 1 heteroatoms. The highest BCUT2D eigenvalue weighted by molar-refractivity contribution is 5.31. The molecule has 0 saturated carbocycles. The average molecular weight is 233 g/mol. The van der Waals surface area contributed by atoms with Gasteiger partial charge in [0.15, 0.2) is 0 Å². The summed E-state index contributed by atoms with van der Waals surface area (Å²) in [5, 5.41) is 0. The van der Waals surface area contributed by atoms with Gasteiger partial charge >= 0.3 is 0 Å². The van der Waals surface area contributed by atoms with E-state index >= 15 is 0 Å². The molecule has 1 rings (SSSR count). The van der Waals surface area contributed by atoms with Gasteiger partial charge in [-0.05, 0) is 30.6 Å². The van der Waals surface area contributed by atoms with Gasteiger partial charge in [0.2, 0.25) is 0 Å². The van der Waals surface area contributed by atoms with Gasteiger partial charge in [0.1, 0.15) is 0 Å². The van der Waals surface area contributed by atoms with Crippen LogP contribution in [0, 0.1) is 0 Å². The van der Waals surface area contributed by atoms with Crippen LogP contribution >= 0.6 is 0 Å². The van der Waals surface area contributed by atoms with E-state index in [0.29, 0.717) is 0 Å². The van der Waals surface area contributed by atoms with Crippen molar-refractivity contribution in [2.45, 2.75) is 45.4 Å². The molecule has 17 heavy (non-hydrogen) atoms. The highest BCUT2D eigenvalue weighted by Crippen LogP contribution is 2.27. The SMILES string of the molecule is CN(C)CC(C)(C)c1ccc(C(C)(C)C)cc1. The van der Waals surface area contributed by atoms with Crippen molar-refractivity contribution in [2.24, 2.45) is 0 Å². The van der Waals surface area contributed by atoms with Crippen LogP contribution in [0.3, 0.4) is 0 Å². The fourth-order valence-corrected chi connectivity index (χ4v) is 2.30. The summed E-state index contributed by atoms with van der Waals surface area (Å²) in [7, 11) is 4.26. The number of benzene rings is 1. The standard InChI is InChI=1S/C16H27N/c1-15(2,3)13-8-10-14(11-9-13)16(4,5)12-17(6)7/h8-11H,12H2,1-7H3. The Morgan fingerprint density at radius 1 is 0.824 bits per heavy atom. The molecule has 1 aromatic rings. The van der Waals surface area contributed by atoms with Crippen molar-refractivity contribution < 1.29 is 0 Å². The van der Waals surface area contributed by atoms with Crippen molar-refractivity contribution in [1.29, 1.82) is 0 Å². The van der Waals surface area contributed by atoms with Crippen LogP contribution in [0.15, 0.2) is 24.3 Å². The summed E-state index contributed by atoms with van der Waals surface area (Å²) in [6, 6.07) is 9.10. The summed E-state index contributed by atoms with van der Waals surface area (Å²) in [5.41, 5.74) is 3.27. The Hall–Kier alpha value is -0.820. The molecule has 0 spiro atoms. The Morgan fingerprint density at radius 3 is 1.59 bits per heavy atom. The molecule has 0 heterocycles. The number of likely N-dealkylation sites (N-methyl/N-ethyl adjacent to an activating group) is 1. The second-order valence-electron chi connectivity index (χ2n) is 6.95. The number of nitrogens with zero attached hydrogens (tertiary/aromatic N) is 1. The first-order chi connectivity index (χ1) is 7.63. The van der Waals surface area contributed by atoms with E-state index < -0.39 is 0 Å². The maximum Gasteiger partial charge on any atom is 0.00672 e. The zero-order valence-corrected chi connectivity index (χ0v) is 12.5. The lowest BCUT2D eigenvalue weighted by Gasteiger charge is -2.29. The maximum atomic E-state index is 2.30. The van der Waals surface area contributed by atoms with Crippen molar-refractivity contribution in [3.8, 4) is 0 Å². The van der Waals surface area contributed by atoms with E-state index in [1.54, 1.807) is 0 Å². The van der Waals surface area contributed by atoms with Gasteiger partial charge in [0, 0.05) is 12.0 Å². The summed E-state index contributed by atoms with van der Waals surface area (Å²) >= 11 is 0. The molecule has 0 bridgehead atoms. The molecule has 0 aliphatic carbocycles. The monoisotopic (exact) mass is 233 g/mol. The molecule has 0 atom stereocenters. The third-order valence-electron chi connectivity index (χ3n) is 3.24. The molecule has 0 fully saturated rings. The quantitative estimate of drug-likeness (QED) is 0.767. The van der Waals surface area contributed by atoms with Gasteiger partial charge in [0.05, 0.1) is 0 Å². The molecule has 0 radical (unpaired) electrons. The molecule has 96 valence electrons. The molecule has 1 nitrogen and oxygen atoms in total. The van der Waals surface area contributed by atoms with E-state index in [9.17, 15) is 0 Å². The zero-order chi connectivity index (χ0) is 13.3. The molecule has 1 aromatic carbocycles. The van der Waals surface area contributed by atoms with Gasteiger partial charge in [0.25, 0.3) is 0 Å². The van der Waals surface area contributed by atoms with Gasteiger partial charge in [-0.15, -0.1) is 0 Å². The molecule has 0 saturated heterocycles. The topological polar surface area (TPSA) is 3.24 Å². The summed E-state index contributed by atoms with van der Waals surface area (Å²) in [6.07, 6.45) is 0. The highest BCUT2D eigenvalue weighted by Gasteiger charge is 2.22. The van der Waals surface area contributed by atoms with E-state index in [1.807, 2.05) is 0 Å². The third kappa shape index (κ3) is 3.85. The fraction of sp³-hybridized carbons (Fsp3) is 0.625. The number of hydrogen-bond donors (Lipinski definition) is 0. The van der Waals surface area contributed by atoms with E-state index in [4.69, 9.17) is 0 Å². The predicted octanol–water partition coefficient (Wildman–Crippen LogP) is 3.82. The molecular weight excluding hydrogens is 206 g/mol. The van der Waals surface area contributed by atoms with E-state index in [2.05, 4.69) is 77.9 Å². The van der Waals surface area contributed by atoms with Crippen molar-refractivity contribution in [1.82, 2.24) is 4.90 Å². The molecule has 0 aromatic heterocycles. The minimum atomic E-state index is 0.208. The van der Waals surface area contributed by atoms with Crippen LogP contribution in [0.5, 0.6) is 0 Å². The van der Waals surface area contributed by atoms with Crippen LogP contribution in [0.4, 0.5) is 0 Å². The van der Waals surface area contributed by atoms with Crippen LogP contribution in [0.25, 0.3) is 0 Å². The van der Waals surface area contributed by atoms with E-state index in [0.717, 1.165) is 6.54 Å². The molecular formula is C16H27N. The smallest absolute Gasteiger partial charge is 0.00672 e. The predicted molar refractivity (Wildman–Crippen MR) is 76.7 cm³/mol.